The number of benzene rings is 7. The van der Waals surface area contributed by atoms with Crippen LogP contribution in [0, 0.1) is 29.5 Å². The van der Waals surface area contributed by atoms with Crippen molar-refractivity contribution in [2.45, 2.75) is 59.8 Å². The summed E-state index contributed by atoms with van der Waals surface area (Å²) < 4.78 is 33.3. The van der Waals surface area contributed by atoms with E-state index in [0.29, 0.717) is 22.3 Å². The zero-order chi connectivity index (χ0) is 52.1. The number of rotatable bonds is 14. The molecule has 0 spiro atoms. The van der Waals surface area contributed by atoms with E-state index in [1.807, 2.05) is 113 Å². The topological polar surface area (TPSA) is 62.5 Å². The molecule has 0 fully saturated rings. The van der Waals surface area contributed by atoms with Crippen molar-refractivity contribution >= 4 is 0 Å². The number of hydrogen-bond acceptors (Lipinski definition) is 4. The molecule has 0 bridgehead atoms. The van der Waals surface area contributed by atoms with Crippen LogP contribution in [0.2, 0.25) is 0 Å². The number of nitriles is 1. The molecule has 0 aliphatic rings. The highest BCUT2D eigenvalue weighted by Crippen LogP contribution is 2.42. The molecule has 0 amide bonds. The third kappa shape index (κ3) is 11.5. The monoisotopic (exact) mass is 950 g/mol. The Morgan fingerprint density at radius 1 is 0.438 bits per heavy atom. The van der Waals surface area contributed by atoms with Crippen molar-refractivity contribution in [2.24, 2.45) is 5.41 Å². The van der Waals surface area contributed by atoms with E-state index in [4.69, 9.17) is 7.73 Å². The summed E-state index contributed by atoms with van der Waals surface area (Å²) in [5, 5.41) is 9.56. The second kappa shape index (κ2) is 21.4. The number of halogens is 1. The molecule has 0 aliphatic heterocycles. The van der Waals surface area contributed by atoms with Gasteiger partial charge in [0.15, 0.2) is 0 Å². The molecule has 10 rings (SSSR count). The zero-order valence-electron chi connectivity index (χ0n) is 43.7. The van der Waals surface area contributed by atoms with Crippen LogP contribution in [0.15, 0.2) is 213 Å². The van der Waals surface area contributed by atoms with E-state index in [9.17, 15) is 5.26 Å². The summed E-state index contributed by atoms with van der Waals surface area (Å²) in [4.78, 5) is 13.9. The number of aryl methyl sites for hydroxylation is 5. The van der Waals surface area contributed by atoms with E-state index in [2.05, 4.69) is 125 Å². The Labute approximate surface area is 432 Å². The smallest absolute Gasteiger partial charge is 0.132 e. The molecule has 0 aliphatic carbocycles. The lowest BCUT2D eigenvalue weighted by Gasteiger charge is -2.19. The van der Waals surface area contributed by atoms with Crippen LogP contribution in [0.4, 0.5) is 4.39 Å². The summed E-state index contributed by atoms with van der Waals surface area (Å²) in [6, 6.07) is 68.4. The van der Waals surface area contributed by atoms with Crippen molar-refractivity contribution in [3.8, 4) is 84.3 Å². The number of hydrogen-bond donors (Lipinski definition) is 0. The van der Waals surface area contributed by atoms with E-state index in [0.717, 1.165) is 98.4 Å². The Hall–Kier alpha value is -8.59. The number of pyridine rings is 3. The minimum absolute atomic E-state index is 0.320. The predicted molar refractivity (Wildman–Crippen MR) is 298 cm³/mol. The van der Waals surface area contributed by atoms with Gasteiger partial charge in [0.2, 0.25) is 0 Å². The van der Waals surface area contributed by atoms with Crippen LogP contribution >= 0.6 is 0 Å². The van der Waals surface area contributed by atoms with Gasteiger partial charge in [0, 0.05) is 43.6 Å². The highest BCUT2D eigenvalue weighted by atomic mass is 19.1. The van der Waals surface area contributed by atoms with E-state index in [1.165, 1.54) is 28.3 Å². The summed E-state index contributed by atoms with van der Waals surface area (Å²) in [6.07, 6.45) is 7.21. The molecular formula is C68H57FN4. The quantitative estimate of drug-likeness (QED) is 0.109. The standard InChI is InChI=1S/C68H57FN4/c1-46-37-63(64(69)42-58(46)44-70)53-30-28-52(29-31-53)62-41-56(67-34-23-51(45-73-67)43-68(2,3)4)32-33-61(62)60-12-6-5-11-59(60)57-39-49(17-15-47-19-24-54(25-20-47)65-13-7-9-35-71-65)38-50(40-57)18-16-48-21-26-55(27-22-48)66-14-8-10-36-72-66/h5-14,19-42,45H,15-18,43H2,1-4H3/i43D2. The fourth-order valence-corrected chi connectivity index (χ4v) is 9.61. The average molecular weight is 951 g/mol. The minimum atomic E-state index is -1.58. The van der Waals surface area contributed by atoms with E-state index in [1.54, 1.807) is 12.3 Å². The molecule has 3 aromatic heterocycles. The highest BCUT2D eigenvalue weighted by Gasteiger charge is 2.18. The van der Waals surface area contributed by atoms with Crippen molar-refractivity contribution in [1.82, 2.24) is 15.0 Å². The highest BCUT2D eigenvalue weighted by molar-refractivity contribution is 5.94. The van der Waals surface area contributed by atoms with Gasteiger partial charge in [-0.2, -0.15) is 5.26 Å². The van der Waals surface area contributed by atoms with Crippen molar-refractivity contribution < 1.29 is 7.13 Å². The molecule has 10 aromatic rings. The lowest BCUT2D eigenvalue weighted by atomic mass is 9.86. The molecular weight excluding hydrogens is 892 g/mol. The lowest BCUT2D eigenvalue weighted by Crippen LogP contribution is -2.09. The normalized spacial score (nSPS) is 11.9. The largest absolute Gasteiger partial charge is 0.256 e. The Balaban J connectivity index is 1.04. The maximum atomic E-state index is 15.5. The Kier molecular flexibility index (Phi) is 13.4. The zero-order valence-corrected chi connectivity index (χ0v) is 41.7. The van der Waals surface area contributed by atoms with Crippen LogP contribution in [0.3, 0.4) is 0 Å². The van der Waals surface area contributed by atoms with Crippen LogP contribution in [0.1, 0.15) is 62.5 Å². The van der Waals surface area contributed by atoms with Gasteiger partial charge in [-0.05, 0) is 165 Å². The molecule has 0 atom stereocenters. The first-order valence-corrected chi connectivity index (χ1v) is 25.0. The van der Waals surface area contributed by atoms with Gasteiger partial charge in [-0.1, -0.05) is 166 Å². The molecule has 0 saturated heterocycles. The van der Waals surface area contributed by atoms with Crippen molar-refractivity contribution in [3.05, 3.63) is 257 Å². The predicted octanol–water partition coefficient (Wildman–Crippen LogP) is 17.0. The first kappa shape index (κ1) is 45.5. The summed E-state index contributed by atoms with van der Waals surface area (Å²) in [7, 11) is 0. The fourth-order valence-electron chi connectivity index (χ4n) is 9.61. The van der Waals surface area contributed by atoms with Crippen LogP contribution in [-0.4, -0.2) is 15.0 Å². The molecule has 0 radical (unpaired) electrons. The molecule has 0 unspecified atom stereocenters. The van der Waals surface area contributed by atoms with Crippen molar-refractivity contribution in [1.29, 1.82) is 5.26 Å². The molecule has 0 saturated carbocycles. The fraction of sp³-hybridized carbons (Fsp3) is 0.147. The lowest BCUT2D eigenvalue weighted by molar-refractivity contribution is 0.411. The van der Waals surface area contributed by atoms with Gasteiger partial charge in [-0.15, -0.1) is 0 Å². The van der Waals surface area contributed by atoms with Gasteiger partial charge in [-0.25, -0.2) is 4.39 Å². The summed E-state index contributed by atoms with van der Waals surface area (Å²) in [5.74, 6) is -0.439. The van der Waals surface area contributed by atoms with Gasteiger partial charge in [0.25, 0.3) is 0 Å². The maximum absolute atomic E-state index is 15.5. The summed E-state index contributed by atoms with van der Waals surface area (Å²) in [6.45, 7) is 7.53. The van der Waals surface area contributed by atoms with Crippen LogP contribution in [-0.2, 0) is 32.1 Å². The van der Waals surface area contributed by atoms with Gasteiger partial charge >= 0.3 is 0 Å². The van der Waals surface area contributed by atoms with Gasteiger partial charge < -0.3 is 0 Å². The Bertz CT molecular complexity index is 3550. The third-order valence-corrected chi connectivity index (χ3v) is 13.4. The molecule has 4 nitrogen and oxygen atoms in total. The van der Waals surface area contributed by atoms with Gasteiger partial charge in [0.05, 0.1) is 28.7 Å². The Morgan fingerprint density at radius 3 is 1.47 bits per heavy atom. The van der Waals surface area contributed by atoms with Crippen molar-refractivity contribution in [3.63, 3.8) is 0 Å². The van der Waals surface area contributed by atoms with E-state index in [-0.39, 0.29) is 0 Å². The summed E-state index contributed by atoms with van der Waals surface area (Å²) in [5.41, 5.74) is 19.1. The van der Waals surface area contributed by atoms with Gasteiger partial charge in [0.1, 0.15) is 5.82 Å². The summed E-state index contributed by atoms with van der Waals surface area (Å²) >= 11 is 0. The second-order valence-corrected chi connectivity index (χ2v) is 19.8. The average Bonchev–Trinajstić information content (AvgIpc) is 3.45. The molecule has 7 aromatic carbocycles. The second-order valence-electron chi connectivity index (χ2n) is 19.8. The first-order valence-electron chi connectivity index (χ1n) is 26.0. The molecule has 73 heavy (non-hydrogen) atoms. The third-order valence-electron chi connectivity index (χ3n) is 13.4. The Morgan fingerprint density at radius 2 is 0.932 bits per heavy atom. The SMILES string of the molecule is [2H]C([2H])(c1ccc(-c2ccc(-c3ccccc3-c3cc(CCc4ccc(-c5ccccn5)cc4)cc(CCc4ccc(-c5ccccn5)cc4)c3)c(-c3ccc(-c4cc(C)c(C#N)cc4F)cc3)c2)nc1)C(C)(C)C. The van der Waals surface area contributed by atoms with Crippen molar-refractivity contribution in [2.75, 3.05) is 0 Å². The van der Waals surface area contributed by atoms with E-state index >= 15 is 4.39 Å². The molecule has 5 heteroatoms. The van der Waals surface area contributed by atoms with Crippen LogP contribution < -0.4 is 0 Å². The number of nitrogens with zero attached hydrogens (tertiary/aromatic N) is 4. The number of aromatic nitrogens is 3. The van der Waals surface area contributed by atoms with Gasteiger partial charge in [-0.3, -0.25) is 15.0 Å². The van der Waals surface area contributed by atoms with Crippen LogP contribution in [0.25, 0.3) is 78.3 Å². The first-order chi connectivity index (χ1) is 36.3. The molecule has 3 heterocycles. The molecule has 356 valence electrons. The van der Waals surface area contributed by atoms with E-state index < -0.39 is 17.6 Å². The molecule has 0 N–H and O–H groups in total. The minimum Gasteiger partial charge on any atom is -0.256 e. The maximum Gasteiger partial charge on any atom is 0.132 e. The van der Waals surface area contributed by atoms with Crippen LogP contribution in [0.5, 0.6) is 0 Å².